The van der Waals surface area contributed by atoms with Crippen molar-refractivity contribution in [2.75, 3.05) is 11.9 Å². The minimum Gasteiger partial charge on any atom is -0.454 e. The van der Waals surface area contributed by atoms with Crippen LogP contribution in [0.5, 0.6) is 0 Å². The van der Waals surface area contributed by atoms with Gasteiger partial charge in [0.05, 0.1) is 11.8 Å². The standard InChI is InChI=1S/C32H30N2O5/c1-17(2)29(32(38)39-16-24(35)33-23-15-9-4-10-18(23)3)34-30(36)27-25-19-11-5-6-12-20(19)26(28(27)31(34)37)22-14-8-7-13-21(22)25/h4-15,17,25-29H,16H2,1-3H3,(H,33,35)/t25?,26?,27-,28-,29+/m1/s1. The predicted octanol–water partition coefficient (Wildman–Crippen LogP) is 4.39. The number of nitrogens with zero attached hydrogens (tertiary/aromatic N) is 1. The summed E-state index contributed by atoms with van der Waals surface area (Å²) in [5, 5.41) is 2.74. The summed E-state index contributed by atoms with van der Waals surface area (Å²) < 4.78 is 5.40. The summed E-state index contributed by atoms with van der Waals surface area (Å²) in [6, 6.07) is 22.2. The molecule has 7 nitrogen and oxygen atoms in total. The third-order valence-corrected chi connectivity index (χ3v) is 8.40. The van der Waals surface area contributed by atoms with E-state index < -0.39 is 42.3 Å². The fourth-order valence-electron chi connectivity index (χ4n) is 6.77. The summed E-state index contributed by atoms with van der Waals surface area (Å²) >= 11 is 0. The van der Waals surface area contributed by atoms with Crippen molar-refractivity contribution < 1.29 is 23.9 Å². The zero-order chi connectivity index (χ0) is 27.4. The van der Waals surface area contributed by atoms with Gasteiger partial charge in [0.1, 0.15) is 6.04 Å². The van der Waals surface area contributed by atoms with E-state index in [1.165, 1.54) is 0 Å². The predicted molar refractivity (Wildman–Crippen MR) is 145 cm³/mol. The number of nitrogens with one attached hydrogen (secondary N) is 1. The highest BCUT2D eigenvalue weighted by Crippen LogP contribution is 2.61. The van der Waals surface area contributed by atoms with E-state index in [-0.39, 0.29) is 23.7 Å². The molecule has 0 spiro atoms. The molecular formula is C32H30N2O5. The molecule has 3 amide bonds. The molecule has 1 N–H and O–H groups in total. The number of rotatable bonds is 6. The summed E-state index contributed by atoms with van der Waals surface area (Å²) in [7, 11) is 0. The van der Waals surface area contributed by atoms with Crippen LogP contribution >= 0.6 is 0 Å². The lowest BCUT2D eigenvalue weighted by Gasteiger charge is -2.45. The minimum atomic E-state index is -1.12. The maximum atomic E-state index is 14.0. The first-order valence-electron chi connectivity index (χ1n) is 13.4. The molecule has 7 rings (SSSR count). The lowest BCUT2D eigenvalue weighted by Crippen LogP contribution is -2.49. The summed E-state index contributed by atoms with van der Waals surface area (Å²) in [4.78, 5) is 55.1. The Kier molecular flexibility index (Phi) is 6.09. The van der Waals surface area contributed by atoms with Crippen LogP contribution in [0.25, 0.3) is 0 Å². The van der Waals surface area contributed by atoms with Crippen LogP contribution < -0.4 is 5.32 Å². The van der Waals surface area contributed by atoms with Crippen molar-refractivity contribution in [1.29, 1.82) is 0 Å². The fourth-order valence-corrected chi connectivity index (χ4v) is 6.77. The number of hydrogen-bond donors (Lipinski definition) is 1. The number of carbonyl (C=O) groups is 4. The van der Waals surface area contributed by atoms with Crippen LogP contribution in [0.2, 0.25) is 0 Å². The highest BCUT2D eigenvalue weighted by molar-refractivity contribution is 6.10. The van der Waals surface area contributed by atoms with E-state index in [9.17, 15) is 19.2 Å². The maximum Gasteiger partial charge on any atom is 0.330 e. The number of hydrogen-bond acceptors (Lipinski definition) is 5. The fraction of sp³-hybridized carbons (Fsp3) is 0.312. The molecule has 4 aliphatic rings. The first-order chi connectivity index (χ1) is 18.8. The number of imide groups is 1. The number of likely N-dealkylation sites (tertiary alicyclic amines) is 1. The molecule has 1 heterocycles. The van der Waals surface area contributed by atoms with Crippen molar-refractivity contribution in [3.05, 3.63) is 101 Å². The monoisotopic (exact) mass is 522 g/mol. The molecule has 0 saturated carbocycles. The van der Waals surface area contributed by atoms with Gasteiger partial charge >= 0.3 is 5.97 Å². The number of para-hydroxylation sites is 1. The van der Waals surface area contributed by atoms with Gasteiger partial charge in [0.15, 0.2) is 6.61 Å². The van der Waals surface area contributed by atoms with Gasteiger partial charge in [-0.1, -0.05) is 80.6 Å². The molecule has 7 heteroatoms. The van der Waals surface area contributed by atoms with E-state index in [0.29, 0.717) is 5.69 Å². The van der Waals surface area contributed by atoms with Gasteiger partial charge in [-0.3, -0.25) is 19.3 Å². The van der Waals surface area contributed by atoms with Crippen molar-refractivity contribution in [3.8, 4) is 0 Å². The van der Waals surface area contributed by atoms with E-state index in [0.717, 1.165) is 32.7 Å². The summed E-state index contributed by atoms with van der Waals surface area (Å²) in [5.74, 6) is -3.99. The van der Waals surface area contributed by atoms with E-state index in [1.54, 1.807) is 26.0 Å². The molecule has 2 bridgehead atoms. The molecule has 3 aliphatic carbocycles. The minimum absolute atomic E-state index is 0.252. The molecule has 1 fully saturated rings. The Labute approximate surface area is 227 Å². The van der Waals surface area contributed by atoms with Crippen LogP contribution in [0.3, 0.4) is 0 Å². The SMILES string of the molecule is Cc1ccccc1NC(=O)COC(=O)[C@H](C(C)C)N1C(=O)[C@@H]2C3c4ccccc4C(c4ccccc43)[C@H]2C1=O. The number of ether oxygens (including phenoxy) is 1. The smallest absolute Gasteiger partial charge is 0.330 e. The van der Waals surface area contributed by atoms with Gasteiger partial charge in [0, 0.05) is 17.5 Å². The quantitative estimate of drug-likeness (QED) is 0.383. The zero-order valence-corrected chi connectivity index (χ0v) is 22.1. The van der Waals surface area contributed by atoms with Gasteiger partial charge < -0.3 is 10.1 Å². The van der Waals surface area contributed by atoms with Gasteiger partial charge in [-0.05, 0) is 46.7 Å². The van der Waals surface area contributed by atoms with Gasteiger partial charge in [0.25, 0.3) is 5.91 Å². The van der Waals surface area contributed by atoms with Crippen LogP contribution in [-0.2, 0) is 23.9 Å². The number of carbonyl (C=O) groups excluding carboxylic acids is 4. The number of aryl methyl sites for hydroxylation is 1. The molecule has 1 saturated heterocycles. The second kappa shape index (κ2) is 9.49. The maximum absolute atomic E-state index is 14.0. The lowest BCUT2D eigenvalue weighted by molar-refractivity contribution is -0.162. The Morgan fingerprint density at radius 3 is 1.72 bits per heavy atom. The van der Waals surface area contributed by atoms with E-state index in [4.69, 9.17) is 4.74 Å². The average molecular weight is 523 g/mol. The third-order valence-electron chi connectivity index (χ3n) is 8.40. The Morgan fingerprint density at radius 2 is 1.26 bits per heavy atom. The number of anilines is 1. The Balaban J connectivity index is 1.27. The van der Waals surface area contributed by atoms with Gasteiger partial charge in [-0.15, -0.1) is 0 Å². The van der Waals surface area contributed by atoms with Crippen LogP contribution in [0.4, 0.5) is 5.69 Å². The van der Waals surface area contributed by atoms with Gasteiger partial charge in [0.2, 0.25) is 11.8 Å². The Bertz CT molecular complexity index is 1400. The number of amides is 3. The molecule has 0 unspecified atom stereocenters. The Morgan fingerprint density at radius 1 is 0.795 bits per heavy atom. The van der Waals surface area contributed by atoms with Crippen LogP contribution in [0.1, 0.15) is 53.5 Å². The molecular weight excluding hydrogens is 492 g/mol. The van der Waals surface area contributed by atoms with Crippen molar-refractivity contribution in [3.63, 3.8) is 0 Å². The Hall–Kier alpha value is -4.26. The summed E-state index contributed by atoms with van der Waals surface area (Å²) in [6.07, 6.45) is 0. The summed E-state index contributed by atoms with van der Waals surface area (Å²) in [5.41, 5.74) is 5.79. The zero-order valence-electron chi connectivity index (χ0n) is 22.1. The second-order valence-electron chi connectivity index (χ2n) is 11.0. The van der Waals surface area contributed by atoms with Crippen LogP contribution in [0.15, 0.2) is 72.8 Å². The topological polar surface area (TPSA) is 92.8 Å². The molecule has 3 atom stereocenters. The number of benzene rings is 3. The largest absolute Gasteiger partial charge is 0.454 e. The van der Waals surface area contributed by atoms with Crippen molar-refractivity contribution >= 4 is 29.4 Å². The first kappa shape index (κ1) is 25.0. The van der Waals surface area contributed by atoms with Crippen LogP contribution in [0, 0.1) is 24.7 Å². The van der Waals surface area contributed by atoms with Crippen molar-refractivity contribution in [2.24, 2.45) is 17.8 Å². The second-order valence-corrected chi connectivity index (χ2v) is 11.0. The molecule has 3 aromatic carbocycles. The molecule has 198 valence electrons. The molecule has 3 aromatic rings. The molecule has 0 aromatic heterocycles. The van der Waals surface area contributed by atoms with Crippen molar-refractivity contribution in [2.45, 2.75) is 38.6 Å². The first-order valence-corrected chi connectivity index (χ1v) is 13.4. The average Bonchev–Trinajstić information content (AvgIpc) is 3.19. The van der Waals surface area contributed by atoms with Crippen molar-refractivity contribution in [1.82, 2.24) is 4.90 Å². The van der Waals surface area contributed by atoms with E-state index in [2.05, 4.69) is 5.32 Å². The normalized spacial score (nSPS) is 23.2. The molecule has 39 heavy (non-hydrogen) atoms. The highest BCUT2D eigenvalue weighted by atomic mass is 16.5. The van der Waals surface area contributed by atoms with Crippen LogP contribution in [-0.4, -0.2) is 41.2 Å². The third kappa shape index (κ3) is 3.87. The highest BCUT2D eigenvalue weighted by Gasteiger charge is 2.63. The lowest BCUT2D eigenvalue weighted by atomic mass is 9.55. The van der Waals surface area contributed by atoms with E-state index >= 15 is 0 Å². The van der Waals surface area contributed by atoms with Gasteiger partial charge in [-0.2, -0.15) is 0 Å². The van der Waals surface area contributed by atoms with E-state index in [1.807, 2.05) is 67.6 Å². The van der Waals surface area contributed by atoms with Gasteiger partial charge in [-0.25, -0.2) is 4.79 Å². The summed E-state index contributed by atoms with van der Waals surface area (Å²) in [6.45, 7) is 4.91. The molecule has 1 aliphatic heterocycles. The molecule has 0 radical (unpaired) electrons. The number of esters is 1.